The van der Waals surface area contributed by atoms with E-state index < -0.39 is 15.1 Å². The monoisotopic (exact) mass is 288 g/mol. The zero-order chi connectivity index (χ0) is 13.6. The number of hydrogen-bond donors (Lipinski definition) is 1. The Kier molecular flexibility index (Phi) is 3.47. The molecular weight excluding hydrogens is 272 g/mol. The number of halogens is 1. The molecule has 0 aliphatic heterocycles. The van der Waals surface area contributed by atoms with Crippen molar-refractivity contribution < 1.29 is 13.5 Å². The molecule has 3 nitrogen and oxygen atoms in total. The number of sulfone groups is 1. The van der Waals surface area contributed by atoms with Crippen LogP contribution in [0.25, 0.3) is 0 Å². The molecule has 1 aromatic rings. The van der Waals surface area contributed by atoms with E-state index in [0.717, 1.165) is 18.4 Å². The molecule has 0 saturated heterocycles. The highest BCUT2D eigenvalue weighted by Crippen LogP contribution is 2.48. The minimum atomic E-state index is -3.35. The molecule has 0 atom stereocenters. The van der Waals surface area contributed by atoms with E-state index in [2.05, 4.69) is 0 Å². The van der Waals surface area contributed by atoms with Crippen molar-refractivity contribution >= 4 is 21.4 Å². The first-order chi connectivity index (χ1) is 8.33. The van der Waals surface area contributed by atoms with Crippen molar-refractivity contribution in [2.45, 2.75) is 42.2 Å². The molecule has 0 heterocycles. The van der Waals surface area contributed by atoms with E-state index >= 15 is 0 Å². The first-order valence-electron chi connectivity index (χ1n) is 5.98. The molecule has 2 rings (SSSR count). The lowest BCUT2D eigenvalue weighted by Gasteiger charge is -2.15. The first-order valence-corrected chi connectivity index (χ1v) is 7.91. The predicted molar refractivity (Wildman–Crippen MR) is 71.8 cm³/mol. The summed E-state index contributed by atoms with van der Waals surface area (Å²) >= 11 is 6.09. The molecule has 1 aromatic carbocycles. The SMILES string of the molecule is CC(C)S(=O)(=O)c1ccc(C2(CO)CC2)cc1Cl. The van der Waals surface area contributed by atoms with Crippen molar-refractivity contribution in [2.24, 2.45) is 0 Å². The van der Waals surface area contributed by atoms with Crippen LogP contribution in [0.2, 0.25) is 5.02 Å². The molecular formula is C13H17ClO3S. The van der Waals surface area contributed by atoms with Crippen molar-refractivity contribution in [2.75, 3.05) is 6.61 Å². The van der Waals surface area contributed by atoms with Crippen LogP contribution in [0, 0.1) is 0 Å². The van der Waals surface area contributed by atoms with Crippen molar-refractivity contribution in [1.29, 1.82) is 0 Å². The molecule has 100 valence electrons. The largest absolute Gasteiger partial charge is 0.395 e. The molecule has 1 fully saturated rings. The van der Waals surface area contributed by atoms with Crippen molar-refractivity contribution in [1.82, 2.24) is 0 Å². The van der Waals surface area contributed by atoms with Gasteiger partial charge in [0.25, 0.3) is 0 Å². The Morgan fingerprint density at radius 2 is 2.00 bits per heavy atom. The normalized spacial score (nSPS) is 18.1. The van der Waals surface area contributed by atoms with Gasteiger partial charge < -0.3 is 5.11 Å². The second-order valence-corrected chi connectivity index (χ2v) is 8.06. The Morgan fingerprint density at radius 3 is 2.39 bits per heavy atom. The maximum Gasteiger partial charge on any atom is 0.182 e. The lowest BCUT2D eigenvalue weighted by Crippen LogP contribution is -2.16. The van der Waals surface area contributed by atoms with Gasteiger partial charge in [0.1, 0.15) is 0 Å². The first kappa shape index (κ1) is 13.8. The Balaban J connectivity index is 2.44. The van der Waals surface area contributed by atoms with Gasteiger partial charge >= 0.3 is 0 Å². The van der Waals surface area contributed by atoms with Gasteiger partial charge in [0.05, 0.1) is 21.8 Å². The Hall–Kier alpha value is -0.580. The topological polar surface area (TPSA) is 54.4 Å². The molecule has 0 unspecified atom stereocenters. The average molecular weight is 289 g/mol. The molecule has 1 N–H and O–H groups in total. The maximum atomic E-state index is 12.1. The molecule has 0 bridgehead atoms. The number of aliphatic hydroxyl groups is 1. The fourth-order valence-corrected chi connectivity index (χ4v) is 3.60. The van der Waals surface area contributed by atoms with E-state index in [1.54, 1.807) is 32.0 Å². The zero-order valence-corrected chi connectivity index (χ0v) is 12.1. The molecule has 18 heavy (non-hydrogen) atoms. The quantitative estimate of drug-likeness (QED) is 0.926. The van der Waals surface area contributed by atoms with Crippen molar-refractivity contribution in [3.63, 3.8) is 0 Å². The van der Waals surface area contributed by atoms with Crippen LogP contribution in [0.3, 0.4) is 0 Å². The number of hydrogen-bond acceptors (Lipinski definition) is 3. The lowest BCUT2D eigenvalue weighted by atomic mass is 9.97. The van der Waals surface area contributed by atoms with Gasteiger partial charge in [-0.1, -0.05) is 17.7 Å². The van der Waals surface area contributed by atoms with Crippen molar-refractivity contribution in [3.05, 3.63) is 28.8 Å². The highest BCUT2D eigenvalue weighted by atomic mass is 35.5. The minimum absolute atomic E-state index is 0.0829. The average Bonchev–Trinajstić information content (AvgIpc) is 3.09. The van der Waals surface area contributed by atoms with E-state index in [1.807, 2.05) is 0 Å². The Bertz CT molecular complexity index is 560. The second kappa shape index (κ2) is 4.51. The summed E-state index contributed by atoms with van der Waals surface area (Å²) in [7, 11) is -3.35. The molecule has 1 saturated carbocycles. The van der Waals surface area contributed by atoms with Crippen LogP contribution in [0.5, 0.6) is 0 Å². The van der Waals surface area contributed by atoms with Gasteiger partial charge in [0.2, 0.25) is 0 Å². The minimum Gasteiger partial charge on any atom is -0.395 e. The van der Waals surface area contributed by atoms with Gasteiger partial charge in [0.15, 0.2) is 9.84 Å². The Labute approximate surface area is 113 Å². The third kappa shape index (κ3) is 2.17. The van der Waals surface area contributed by atoms with E-state index in [1.165, 1.54) is 0 Å². The summed E-state index contributed by atoms with van der Waals surface area (Å²) in [6.45, 7) is 3.35. The number of rotatable bonds is 4. The van der Waals surface area contributed by atoms with Gasteiger partial charge in [-0.05, 0) is 44.4 Å². The van der Waals surface area contributed by atoms with Crippen LogP contribution < -0.4 is 0 Å². The third-order valence-electron chi connectivity index (χ3n) is 3.63. The van der Waals surface area contributed by atoms with Gasteiger partial charge in [0, 0.05) is 5.41 Å². The molecule has 1 aliphatic carbocycles. The fourth-order valence-electron chi connectivity index (χ4n) is 2.00. The summed E-state index contributed by atoms with van der Waals surface area (Å²) in [5.74, 6) is 0. The fraction of sp³-hybridized carbons (Fsp3) is 0.538. The standard InChI is InChI=1S/C13H17ClO3S/c1-9(2)18(16,17)12-4-3-10(7-11(12)14)13(8-15)5-6-13/h3-4,7,9,15H,5-6,8H2,1-2H3. The van der Waals surface area contributed by atoms with Crippen LogP contribution in [-0.2, 0) is 15.3 Å². The summed E-state index contributed by atoms with van der Waals surface area (Å²) in [5.41, 5.74) is 0.738. The summed E-state index contributed by atoms with van der Waals surface area (Å²) < 4.78 is 24.1. The highest BCUT2D eigenvalue weighted by molar-refractivity contribution is 7.92. The molecule has 0 aromatic heterocycles. The van der Waals surface area contributed by atoms with E-state index in [4.69, 9.17) is 11.6 Å². The lowest BCUT2D eigenvalue weighted by molar-refractivity contribution is 0.255. The summed E-state index contributed by atoms with van der Waals surface area (Å²) in [6, 6.07) is 5.01. The van der Waals surface area contributed by atoms with Gasteiger partial charge in [-0.2, -0.15) is 0 Å². The molecule has 0 radical (unpaired) electrons. The van der Waals surface area contributed by atoms with Crippen LogP contribution >= 0.6 is 11.6 Å². The van der Waals surface area contributed by atoms with Gasteiger partial charge in [-0.15, -0.1) is 0 Å². The third-order valence-corrected chi connectivity index (χ3v) is 6.26. The van der Waals surface area contributed by atoms with Crippen molar-refractivity contribution in [3.8, 4) is 0 Å². The smallest absolute Gasteiger partial charge is 0.182 e. The van der Waals surface area contributed by atoms with Gasteiger partial charge in [-0.25, -0.2) is 8.42 Å². The predicted octanol–water partition coefficient (Wildman–Crippen LogP) is 2.55. The second-order valence-electron chi connectivity index (χ2n) is 5.18. The van der Waals surface area contributed by atoms with Crippen LogP contribution in [0.1, 0.15) is 32.3 Å². The highest BCUT2D eigenvalue weighted by Gasteiger charge is 2.44. The maximum absolute atomic E-state index is 12.1. The summed E-state index contributed by atoms with van der Waals surface area (Å²) in [6.07, 6.45) is 1.85. The zero-order valence-electron chi connectivity index (χ0n) is 10.5. The summed E-state index contributed by atoms with van der Waals surface area (Å²) in [4.78, 5) is 0.177. The van der Waals surface area contributed by atoms with Crippen LogP contribution in [0.4, 0.5) is 0 Å². The molecule has 0 amide bonds. The van der Waals surface area contributed by atoms with Crippen LogP contribution in [0.15, 0.2) is 23.1 Å². The van der Waals surface area contributed by atoms with Gasteiger partial charge in [-0.3, -0.25) is 0 Å². The van der Waals surface area contributed by atoms with E-state index in [0.29, 0.717) is 0 Å². The van der Waals surface area contributed by atoms with E-state index in [9.17, 15) is 13.5 Å². The Morgan fingerprint density at radius 1 is 1.39 bits per heavy atom. The number of aliphatic hydroxyl groups excluding tert-OH is 1. The molecule has 5 heteroatoms. The summed E-state index contributed by atoms with van der Waals surface area (Å²) in [5, 5.41) is 9.12. The molecule has 0 spiro atoms. The van der Waals surface area contributed by atoms with E-state index in [-0.39, 0.29) is 21.9 Å². The number of benzene rings is 1. The molecule has 1 aliphatic rings. The van der Waals surface area contributed by atoms with Crippen LogP contribution in [-0.4, -0.2) is 25.4 Å².